The second-order valence-corrected chi connectivity index (χ2v) is 6.97. The first kappa shape index (κ1) is 16.8. The van der Waals surface area contributed by atoms with Gasteiger partial charge in [-0.2, -0.15) is 0 Å². The van der Waals surface area contributed by atoms with Crippen molar-refractivity contribution in [3.05, 3.63) is 53.9 Å². The molecule has 0 unspecified atom stereocenters. The Morgan fingerprint density at radius 2 is 1.88 bits per heavy atom. The van der Waals surface area contributed by atoms with Gasteiger partial charge in [-0.05, 0) is 49.1 Å². The van der Waals surface area contributed by atoms with Crippen molar-refractivity contribution in [2.24, 2.45) is 0 Å². The zero-order valence-corrected chi connectivity index (χ0v) is 14.9. The van der Waals surface area contributed by atoms with Gasteiger partial charge in [0.15, 0.2) is 5.78 Å². The molecule has 0 N–H and O–H groups in total. The number of aromatic nitrogens is 1. The highest BCUT2D eigenvalue weighted by atomic mass is 16.2. The highest BCUT2D eigenvalue weighted by Gasteiger charge is 2.26. The maximum absolute atomic E-state index is 12.7. The van der Waals surface area contributed by atoms with Crippen LogP contribution in [-0.4, -0.2) is 36.3 Å². The molecule has 5 nitrogen and oxygen atoms in total. The Morgan fingerprint density at radius 1 is 1.04 bits per heavy atom. The lowest BCUT2D eigenvalue weighted by Gasteiger charge is -2.22. The van der Waals surface area contributed by atoms with Gasteiger partial charge in [0.25, 0.3) is 0 Å². The molecule has 0 bridgehead atoms. The Bertz CT molecular complexity index is 813. The van der Waals surface area contributed by atoms with Crippen LogP contribution in [0.3, 0.4) is 0 Å². The highest BCUT2D eigenvalue weighted by Crippen LogP contribution is 2.33. The number of fused-ring (bicyclic) bond motifs is 1. The number of pyridine rings is 1. The molecule has 0 atom stereocenters. The molecule has 2 aliphatic heterocycles. The minimum atomic E-state index is -0.0308. The minimum Gasteiger partial charge on any atom is -0.371 e. The van der Waals surface area contributed by atoms with Gasteiger partial charge in [-0.1, -0.05) is 6.07 Å². The maximum atomic E-state index is 12.7. The number of carbonyl (C=O) groups excluding carboxylic acids is 2. The summed E-state index contributed by atoms with van der Waals surface area (Å²) in [6.45, 7) is 2.89. The van der Waals surface area contributed by atoms with Crippen LogP contribution in [-0.2, 0) is 11.2 Å². The fourth-order valence-corrected chi connectivity index (χ4v) is 3.83. The number of ketones is 1. The molecule has 1 amide bonds. The summed E-state index contributed by atoms with van der Waals surface area (Å²) in [5.41, 5.74) is 4.01. The van der Waals surface area contributed by atoms with Crippen molar-refractivity contribution in [2.75, 3.05) is 29.4 Å². The topological polar surface area (TPSA) is 53.5 Å². The number of anilines is 2. The zero-order chi connectivity index (χ0) is 17.9. The van der Waals surface area contributed by atoms with Gasteiger partial charge in [0.2, 0.25) is 5.91 Å². The third kappa shape index (κ3) is 3.34. The van der Waals surface area contributed by atoms with Crippen LogP contribution in [0.4, 0.5) is 11.4 Å². The first-order chi connectivity index (χ1) is 12.7. The smallest absolute Gasteiger partial charge is 0.227 e. The molecule has 0 saturated carbocycles. The molecule has 1 aromatic heterocycles. The number of hydrogen-bond acceptors (Lipinski definition) is 4. The van der Waals surface area contributed by atoms with Crippen LogP contribution in [0.15, 0.2) is 42.7 Å². The molecule has 26 heavy (non-hydrogen) atoms. The number of nitrogens with zero attached hydrogens (tertiary/aromatic N) is 3. The van der Waals surface area contributed by atoms with Crippen molar-refractivity contribution < 1.29 is 9.59 Å². The van der Waals surface area contributed by atoms with E-state index in [0.29, 0.717) is 12.1 Å². The second kappa shape index (κ2) is 7.28. The number of benzene rings is 1. The summed E-state index contributed by atoms with van der Waals surface area (Å²) in [7, 11) is 0. The summed E-state index contributed by atoms with van der Waals surface area (Å²) < 4.78 is 0. The molecule has 1 aromatic carbocycles. The van der Waals surface area contributed by atoms with E-state index in [1.165, 1.54) is 24.1 Å². The lowest BCUT2D eigenvalue weighted by molar-refractivity contribution is -0.118. The Balaban J connectivity index is 1.43. The number of hydrogen-bond donors (Lipinski definition) is 0. The molecule has 0 radical (unpaired) electrons. The van der Waals surface area contributed by atoms with Crippen LogP contribution in [0.1, 0.15) is 41.6 Å². The van der Waals surface area contributed by atoms with Crippen LogP contribution in [0.2, 0.25) is 0 Å². The first-order valence-corrected chi connectivity index (χ1v) is 9.34. The third-order valence-electron chi connectivity index (χ3n) is 5.29. The van der Waals surface area contributed by atoms with Crippen LogP contribution in [0.25, 0.3) is 0 Å². The third-order valence-corrected chi connectivity index (χ3v) is 5.29. The second-order valence-electron chi connectivity index (χ2n) is 6.97. The van der Waals surface area contributed by atoms with Crippen molar-refractivity contribution in [1.29, 1.82) is 0 Å². The van der Waals surface area contributed by atoms with Gasteiger partial charge in [0, 0.05) is 61.8 Å². The van der Waals surface area contributed by atoms with Gasteiger partial charge >= 0.3 is 0 Å². The molecule has 2 aliphatic rings. The monoisotopic (exact) mass is 349 g/mol. The number of carbonyl (C=O) groups is 2. The molecule has 134 valence electrons. The first-order valence-electron chi connectivity index (χ1n) is 9.34. The molecule has 5 heteroatoms. The van der Waals surface area contributed by atoms with E-state index in [0.717, 1.165) is 25.2 Å². The summed E-state index contributed by atoms with van der Waals surface area (Å²) in [4.78, 5) is 33.1. The summed E-state index contributed by atoms with van der Waals surface area (Å²) >= 11 is 0. The standard InChI is InChI=1S/C21H23N3O2/c25-20(17-4-3-10-22-15-17)7-8-21(26)24-13-9-16-5-6-18(14-19(16)24)23-11-1-2-12-23/h3-6,10,14-15H,1-2,7-9,11-13H2. The van der Waals surface area contributed by atoms with E-state index in [1.807, 2.05) is 4.90 Å². The Labute approximate surface area is 153 Å². The van der Waals surface area contributed by atoms with Gasteiger partial charge in [0.1, 0.15) is 0 Å². The highest BCUT2D eigenvalue weighted by molar-refractivity contribution is 6.01. The fraction of sp³-hybridized carbons (Fsp3) is 0.381. The van der Waals surface area contributed by atoms with Gasteiger partial charge < -0.3 is 9.80 Å². The van der Waals surface area contributed by atoms with E-state index in [2.05, 4.69) is 28.1 Å². The SMILES string of the molecule is O=C(CCC(=O)N1CCc2ccc(N3CCCC3)cc21)c1cccnc1. The number of rotatable bonds is 5. The Hall–Kier alpha value is -2.69. The predicted molar refractivity (Wildman–Crippen MR) is 102 cm³/mol. The summed E-state index contributed by atoms with van der Waals surface area (Å²) in [5, 5.41) is 0. The predicted octanol–water partition coefficient (Wildman–Crippen LogP) is 3.23. The van der Waals surface area contributed by atoms with Crippen LogP contribution < -0.4 is 9.80 Å². The van der Waals surface area contributed by atoms with E-state index in [1.54, 1.807) is 24.5 Å². The minimum absolute atomic E-state index is 0.0274. The van der Waals surface area contributed by atoms with E-state index in [9.17, 15) is 9.59 Å². The molecule has 2 aromatic rings. The Kier molecular flexibility index (Phi) is 4.69. The molecule has 0 spiro atoms. The van der Waals surface area contributed by atoms with Crippen molar-refractivity contribution in [3.63, 3.8) is 0 Å². The van der Waals surface area contributed by atoms with Crippen molar-refractivity contribution >= 4 is 23.1 Å². The van der Waals surface area contributed by atoms with E-state index >= 15 is 0 Å². The largest absolute Gasteiger partial charge is 0.371 e. The number of Topliss-reactive ketones (excluding diaryl/α,β-unsaturated/α-hetero) is 1. The molecule has 1 fully saturated rings. The molecule has 4 rings (SSSR count). The maximum Gasteiger partial charge on any atom is 0.227 e. The summed E-state index contributed by atoms with van der Waals surface area (Å²) in [5.74, 6) is -0.00347. The van der Waals surface area contributed by atoms with E-state index in [-0.39, 0.29) is 24.5 Å². The zero-order valence-electron chi connectivity index (χ0n) is 14.9. The summed E-state index contributed by atoms with van der Waals surface area (Å²) in [6, 6.07) is 9.95. The van der Waals surface area contributed by atoms with Crippen molar-refractivity contribution in [1.82, 2.24) is 4.98 Å². The quantitative estimate of drug-likeness (QED) is 0.778. The van der Waals surface area contributed by atoms with Gasteiger partial charge in [-0.15, -0.1) is 0 Å². The molecular formula is C21H23N3O2. The van der Waals surface area contributed by atoms with E-state index < -0.39 is 0 Å². The van der Waals surface area contributed by atoms with Crippen LogP contribution in [0, 0.1) is 0 Å². The van der Waals surface area contributed by atoms with Gasteiger partial charge in [-0.25, -0.2) is 0 Å². The molecule has 3 heterocycles. The van der Waals surface area contributed by atoms with Crippen molar-refractivity contribution in [2.45, 2.75) is 32.1 Å². The average Bonchev–Trinajstić information content (AvgIpc) is 3.35. The van der Waals surface area contributed by atoms with Crippen LogP contribution >= 0.6 is 0 Å². The lowest BCUT2D eigenvalue weighted by Crippen LogP contribution is -2.29. The normalized spacial score (nSPS) is 16.0. The average molecular weight is 349 g/mol. The molecule has 0 aliphatic carbocycles. The van der Waals surface area contributed by atoms with Crippen LogP contribution in [0.5, 0.6) is 0 Å². The lowest BCUT2D eigenvalue weighted by atomic mass is 10.1. The number of amides is 1. The molecule has 1 saturated heterocycles. The van der Waals surface area contributed by atoms with Gasteiger partial charge in [-0.3, -0.25) is 14.6 Å². The van der Waals surface area contributed by atoms with Gasteiger partial charge in [0.05, 0.1) is 0 Å². The fourth-order valence-electron chi connectivity index (χ4n) is 3.83. The Morgan fingerprint density at radius 3 is 2.65 bits per heavy atom. The summed E-state index contributed by atoms with van der Waals surface area (Å²) in [6.07, 6.45) is 7.01. The molecular weight excluding hydrogens is 326 g/mol. The van der Waals surface area contributed by atoms with E-state index in [4.69, 9.17) is 0 Å². The van der Waals surface area contributed by atoms with Crippen molar-refractivity contribution in [3.8, 4) is 0 Å².